The average Bonchev–Trinajstić information content (AvgIpc) is 3.56. The first kappa shape index (κ1) is 24.7. The normalized spacial score (nSPS) is 20.6. The van der Waals surface area contributed by atoms with E-state index in [4.69, 9.17) is 4.74 Å². The van der Waals surface area contributed by atoms with Crippen molar-refractivity contribution in [3.05, 3.63) is 93.2 Å². The zero-order valence-corrected chi connectivity index (χ0v) is 21.9. The molecular formula is C30H34N2O3S. The Balaban J connectivity index is 1.36. The van der Waals surface area contributed by atoms with Crippen LogP contribution >= 0.6 is 11.3 Å². The number of thiophene rings is 1. The predicted molar refractivity (Wildman–Crippen MR) is 143 cm³/mol. The van der Waals surface area contributed by atoms with Gasteiger partial charge in [0.25, 0.3) is 0 Å². The molecule has 2 amide bonds. The van der Waals surface area contributed by atoms with Gasteiger partial charge in [0.05, 0.1) is 12.6 Å². The summed E-state index contributed by atoms with van der Waals surface area (Å²) in [5.74, 6) is 0.318. The van der Waals surface area contributed by atoms with E-state index in [2.05, 4.69) is 42.6 Å². The summed E-state index contributed by atoms with van der Waals surface area (Å²) in [6.45, 7) is 3.99. The summed E-state index contributed by atoms with van der Waals surface area (Å²) in [6, 6.07) is 20.6. The van der Waals surface area contributed by atoms with E-state index in [0.717, 1.165) is 18.4 Å². The number of hydrogen-bond donors (Lipinski definition) is 0. The van der Waals surface area contributed by atoms with E-state index in [1.807, 2.05) is 35.2 Å². The summed E-state index contributed by atoms with van der Waals surface area (Å²) < 4.78 is 5.25. The zero-order valence-electron chi connectivity index (χ0n) is 21.1. The Morgan fingerprint density at radius 3 is 2.61 bits per heavy atom. The van der Waals surface area contributed by atoms with Crippen LogP contribution in [0.25, 0.3) is 0 Å². The third kappa shape index (κ3) is 5.11. The molecule has 36 heavy (non-hydrogen) atoms. The number of nitrogens with zero attached hydrogens (tertiary/aromatic N) is 2. The molecule has 2 heterocycles. The van der Waals surface area contributed by atoms with Gasteiger partial charge in [0.15, 0.2) is 0 Å². The number of carbonyl (C=O) groups excluding carboxylic acids is 2. The highest BCUT2D eigenvalue weighted by atomic mass is 32.1. The molecule has 1 aromatic heterocycles. The summed E-state index contributed by atoms with van der Waals surface area (Å²) in [5.41, 5.74) is 4.77. The molecule has 5 nitrogen and oxygen atoms in total. The van der Waals surface area contributed by atoms with Crippen molar-refractivity contribution in [2.75, 3.05) is 33.4 Å². The van der Waals surface area contributed by atoms with Crippen LogP contribution in [0.5, 0.6) is 0 Å². The van der Waals surface area contributed by atoms with E-state index in [9.17, 15) is 9.59 Å². The lowest BCUT2D eigenvalue weighted by Crippen LogP contribution is -2.47. The second-order valence-corrected chi connectivity index (χ2v) is 10.9. The summed E-state index contributed by atoms with van der Waals surface area (Å²) >= 11 is 1.77. The maximum absolute atomic E-state index is 13.9. The van der Waals surface area contributed by atoms with Crippen LogP contribution < -0.4 is 0 Å². The second kappa shape index (κ2) is 11.0. The first-order chi connectivity index (χ1) is 17.6. The fourth-order valence-corrected chi connectivity index (χ4v) is 6.41. The maximum atomic E-state index is 13.9. The number of methoxy groups -OCH3 is 1. The minimum Gasteiger partial charge on any atom is -0.385 e. The van der Waals surface area contributed by atoms with Crippen LogP contribution in [0.1, 0.15) is 51.9 Å². The number of aryl methyl sites for hydroxylation is 1. The van der Waals surface area contributed by atoms with Gasteiger partial charge in [0.2, 0.25) is 11.8 Å². The zero-order chi connectivity index (χ0) is 25.1. The predicted octanol–water partition coefficient (Wildman–Crippen LogP) is 5.20. The van der Waals surface area contributed by atoms with Crippen molar-refractivity contribution < 1.29 is 14.3 Å². The third-order valence-corrected chi connectivity index (χ3v) is 8.52. The minimum atomic E-state index is -0.109. The number of benzene rings is 2. The Bertz CT molecular complexity index is 1210. The van der Waals surface area contributed by atoms with Gasteiger partial charge in [0.1, 0.15) is 0 Å². The maximum Gasteiger partial charge on any atom is 0.242 e. The van der Waals surface area contributed by atoms with Gasteiger partial charge in [0, 0.05) is 37.6 Å². The highest BCUT2D eigenvalue weighted by Crippen LogP contribution is 2.48. The Labute approximate surface area is 217 Å². The van der Waals surface area contributed by atoms with E-state index in [0.29, 0.717) is 26.1 Å². The van der Waals surface area contributed by atoms with Gasteiger partial charge in [-0.15, -0.1) is 11.3 Å². The van der Waals surface area contributed by atoms with Crippen LogP contribution in [0.3, 0.4) is 0 Å². The smallest absolute Gasteiger partial charge is 0.242 e. The van der Waals surface area contributed by atoms with Gasteiger partial charge >= 0.3 is 0 Å². The highest BCUT2D eigenvalue weighted by Gasteiger charge is 2.46. The van der Waals surface area contributed by atoms with Gasteiger partial charge in [-0.05, 0) is 65.8 Å². The van der Waals surface area contributed by atoms with E-state index in [1.54, 1.807) is 23.3 Å². The molecule has 5 rings (SSSR count). The molecule has 3 unspecified atom stereocenters. The first-order valence-electron chi connectivity index (χ1n) is 12.8. The van der Waals surface area contributed by atoms with E-state index in [-0.39, 0.29) is 36.2 Å². The van der Waals surface area contributed by atoms with Crippen LogP contribution in [-0.2, 0) is 20.7 Å². The molecule has 1 aliphatic heterocycles. The largest absolute Gasteiger partial charge is 0.385 e. The Morgan fingerprint density at radius 1 is 1.06 bits per heavy atom. The van der Waals surface area contributed by atoms with Gasteiger partial charge < -0.3 is 14.5 Å². The Hall–Kier alpha value is -2.96. The van der Waals surface area contributed by atoms with Gasteiger partial charge in [-0.1, -0.05) is 54.6 Å². The van der Waals surface area contributed by atoms with Gasteiger partial charge in [-0.25, -0.2) is 0 Å². The number of amides is 2. The second-order valence-electron chi connectivity index (χ2n) is 9.86. The standard InChI is InChI=1S/C30H34N2O3S/c1-21-9-6-7-12-23(21)29-24-14-18-36-27(24)13-16-32(29)28(33)20-31(15-8-17-35-2)30(34)26-19-25(26)22-10-4-3-5-11-22/h3-7,9-12,14,18,25-26,29H,8,13,15-17,19-20H2,1-2H3. The number of carbonyl (C=O) groups is 2. The molecule has 2 aliphatic rings. The Kier molecular flexibility index (Phi) is 7.54. The van der Waals surface area contributed by atoms with Gasteiger partial charge in [-0.2, -0.15) is 0 Å². The fraction of sp³-hybridized carbons (Fsp3) is 0.400. The quantitative estimate of drug-likeness (QED) is 0.378. The fourth-order valence-electron chi connectivity index (χ4n) is 5.51. The number of rotatable bonds is 9. The van der Waals surface area contributed by atoms with Crippen molar-refractivity contribution in [3.63, 3.8) is 0 Å². The molecule has 0 bridgehead atoms. The summed E-state index contributed by atoms with van der Waals surface area (Å²) in [6.07, 6.45) is 2.43. The molecule has 0 radical (unpaired) electrons. The molecule has 0 saturated heterocycles. The molecule has 1 fully saturated rings. The topological polar surface area (TPSA) is 49.9 Å². The molecule has 2 aromatic carbocycles. The lowest BCUT2D eigenvalue weighted by molar-refractivity contribution is -0.142. The molecule has 3 atom stereocenters. The monoisotopic (exact) mass is 502 g/mol. The van der Waals surface area contributed by atoms with Crippen LogP contribution in [0, 0.1) is 12.8 Å². The Morgan fingerprint density at radius 2 is 1.83 bits per heavy atom. The van der Waals surface area contributed by atoms with Crippen molar-refractivity contribution in [2.45, 2.75) is 38.1 Å². The summed E-state index contributed by atoms with van der Waals surface area (Å²) in [7, 11) is 1.67. The van der Waals surface area contributed by atoms with Crippen molar-refractivity contribution in [3.8, 4) is 0 Å². The molecule has 0 N–H and O–H groups in total. The molecule has 0 spiro atoms. The lowest BCUT2D eigenvalue weighted by Gasteiger charge is -2.38. The van der Waals surface area contributed by atoms with Crippen molar-refractivity contribution in [1.82, 2.24) is 9.80 Å². The van der Waals surface area contributed by atoms with Crippen LogP contribution in [0.15, 0.2) is 66.0 Å². The first-order valence-corrected chi connectivity index (χ1v) is 13.7. The molecular weight excluding hydrogens is 468 g/mol. The minimum absolute atomic E-state index is 0.0165. The van der Waals surface area contributed by atoms with E-state index < -0.39 is 0 Å². The number of ether oxygens (including phenoxy) is 1. The molecule has 3 aromatic rings. The highest BCUT2D eigenvalue weighted by molar-refractivity contribution is 7.10. The van der Waals surface area contributed by atoms with E-state index in [1.165, 1.54) is 21.6 Å². The summed E-state index contributed by atoms with van der Waals surface area (Å²) in [4.78, 5) is 32.6. The molecule has 1 saturated carbocycles. The van der Waals surface area contributed by atoms with Crippen LogP contribution in [0.4, 0.5) is 0 Å². The summed E-state index contributed by atoms with van der Waals surface area (Å²) in [5, 5.41) is 2.13. The van der Waals surface area contributed by atoms with Gasteiger partial charge in [-0.3, -0.25) is 9.59 Å². The molecule has 188 valence electrons. The molecule has 6 heteroatoms. The van der Waals surface area contributed by atoms with Crippen molar-refractivity contribution in [2.24, 2.45) is 5.92 Å². The number of fused-ring (bicyclic) bond motifs is 1. The van der Waals surface area contributed by atoms with Crippen LogP contribution in [-0.4, -0.2) is 55.0 Å². The van der Waals surface area contributed by atoms with Crippen molar-refractivity contribution in [1.29, 1.82) is 0 Å². The van der Waals surface area contributed by atoms with Crippen LogP contribution in [0.2, 0.25) is 0 Å². The SMILES string of the molecule is COCCCN(CC(=O)N1CCc2sccc2C1c1ccccc1C)C(=O)C1CC1c1ccccc1. The third-order valence-electron chi connectivity index (χ3n) is 7.52. The lowest BCUT2D eigenvalue weighted by atomic mass is 9.90. The molecule has 1 aliphatic carbocycles. The average molecular weight is 503 g/mol. The van der Waals surface area contributed by atoms with Crippen molar-refractivity contribution >= 4 is 23.2 Å². The number of hydrogen-bond acceptors (Lipinski definition) is 4. The van der Waals surface area contributed by atoms with E-state index >= 15 is 0 Å².